The Labute approximate surface area is 177 Å². The monoisotopic (exact) mass is 414 g/mol. The lowest BCUT2D eigenvalue weighted by atomic mass is 9.93. The summed E-state index contributed by atoms with van der Waals surface area (Å²) in [6, 6.07) is 12.4. The van der Waals surface area contributed by atoms with Crippen molar-refractivity contribution < 1.29 is 19.0 Å². The number of piperidine rings is 1. The van der Waals surface area contributed by atoms with Gasteiger partial charge >= 0.3 is 0 Å². The van der Waals surface area contributed by atoms with Crippen molar-refractivity contribution in [3.05, 3.63) is 59.4 Å². The number of aryl methyl sites for hydroxylation is 1. The molecule has 1 aliphatic heterocycles. The Morgan fingerprint density at radius 2 is 2.17 bits per heavy atom. The highest BCUT2D eigenvalue weighted by atomic mass is 19.1. The van der Waals surface area contributed by atoms with E-state index in [9.17, 15) is 9.18 Å². The van der Waals surface area contributed by atoms with Crippen LogP contribution in [-0.4, -0.2) is 42.2 Å². The van der Waals surface area contributed by atoms with E-state index in [4.69, 9.17) is 9.84 Å². The largest absolute Gasteiger partial charge is 0.491 e. The number of amides is 1. The van der Waals surface area contributed by atoms with Gasteiger partial charge in [-0.2, -0.15) is 0 Å². The van der Waals surface area contributed by atoms with Crippen LogP contribution in [0.2, 0.25) is 0 Å². The van der Waals surface area contributed by atoms with E-state index in [1.54, 1.807) is 13.0 Å². The second-order valence-electron chi connectivity index (χ2n) is 8.01. The molecule has 0 saturated carbocycles. The number of hydrogen-bond acceptors (Lipinski definition) is 4. The molecule has 0 bridgehead atoms. The smallest absolute Gasteiger partial charge is 0.224 e. The lowest BCUT2D eigenvalue weighted by Gasteiger charge is -2.32. The molecular weight excluding hydrogens is 383 g/mol. The Bertz CT molecular complexity index is 843. The first-order chi connectivity index (χ1) is 14.5. The lowest BCUT2D eigenvalue weighted by Crippen LogP contribution is -2.35. The molecule has 0 unspecified atom stereocenters. The molecule has 6 heteroatoms. The van der Waals surface area contributed by atoms with Gasteiger partial charge in [0.15, 0.2) is 0 Å². The maximum atomic E-state index is 13.2. The number of aliphatic hydroxyl groups is 1. The molecule has 30 heavy (non-hydrogen) atoms. The van der Waals surface area contributed by atoms with Crippen LogP contribution in [0.5, 0.6) is 5.75 Å². The molecule has 1 heterocycles. The second kappa shape index (κ2) is 11.1. The molecular formula is C24H31FN2O3. The van der Waals surface area contributed by atoms with Gasteiger partial charge in [0, 0.05) is 25.2 Å². The van der Waals surface area contributed by atoms with Crippen LogP contribution in [0.3, 0.4) is 0 Å². The number of nitrogens with zero attached hydrogens (tertiary/aromatic N) is 1. The summed E-state index contributed by atoms with van der Waals surface area (Å²) in [5, 5.41) is 11.8. The van der Waals surface area contributed by atoms with E-state index in [1.807, 2.05) is 18.2 Å². The highest BCUT2D eigenvalue weighted by Gasteiger charge is 2.21. The zero-order chi connectivity index (χ0) is 21.3. The average molecular weight is 415 g/mol. The van der Waals surface area contributed by atoms with Gasteiger partial charge in [-0.3, -0.25) is 9.69 Å². The summed E-state index contributed by atoms with van der Waals surface area (Å²) in [4.78, 5) is 14.8. The molecule has 0 radical (unpaired) electrons. The standard InChI is InChI=1S/C24H31FN2O3/c1-18-14-21(25)8-9-23(18)26-24(29)10-7-19-5-3-11-27(16-19)17-20-4-2-6-22(15-20)30-13-12-28/h2,4,6,8-9,14-15,19,28H,3,5,7,10-13,16-17H2,1H3,(H,26,29)/t19-/m0/s1. The molecule has 2 aromatic carbocycles. The van der Waals surface area contributed by atoms with Gasteiger partial charge in [0.05, 0.1) is 6.61 Å². The van der Waals surface area contributed by atoms with Crippen LogP contribution in [0.25, 0.3) is 0 Å². The van der Waals surface area contributed by atoms with E-state index in [0.29, 0.717) is 24.6 Å². The third-order valence-corrected chi connectivity index (χ3v) is 5.51. The molecule has 1 fully saturated rings. The SMILES string of the molecule is Cc1cc(F)ccc1NC(=O)CC[C@@H]1CCCN(Cc2cccc(OCCO)c2)C1. The Kier molecular flexibility index (Phi) is 8.22. The van der Waals surface area contributed by atoms with E-state index < -0.39 is 0 Å². The molecule has 3 rings (SSSR count). The molecule has 0 aliphatic carbocycles. The van der Waals surface area contributed by atoms with Gasteiger partial charge in [0.2, 0.25) is 5.91 Å². The Morgan fingerprint density at radius 3 is 2.97 bits per heavy atom. The summed E-state index contributed by atoms with van der Waals surface area (Å²) in [6.45, 7) is 4.99. The van der Waals surface area contributed by atoms with Gasteiger partial charge in [-0.1, -0.05) is 12.1 Å². The minimum atomic E-state index is -0.293. The lowest BCUT2D eigenvalue weighted by molar-refractivity contribution is -0.116. The number of ether oxygens (including phenoxy) is 1. The minimum absolute atomic E-state index is 0.00629. The summed E-state index contributed by atoms with van der Waals surface area (Å²) in [7, 11) is 0. The van der Waals surface area contributed by atoms with Crippen molar-refractivity contribution in [2.45, 2.75) is 39.2 Å². The van der Waals surface area contributed by atoms with Crippen LogP contribution in [0.1, 0.15) is 36.8 Å². The fraction of sp³-hybridized carbons (Fsp3) is 0.458. The van der Waals surface area contributed by atoms with Crippen molar-refractivity contribution in [2.24, 2.45) is 5.92 Å². The van der Waals surface area contributed by atoms with Crippen molar-refractivity contribution in [1.82, 2.24) is 4.90 Å². The second-order valence-corrected chi connectivity index (χ2v) is 8.01. The highest BCUT2D eigenvalue weighted by Crippen LogP contribution is 2.24. The molecule has 1 aliphatic rings. The van der Waals surface area contributed by atoms with Gasteiger partial charge in [-0.25, -0.2) is 4.39 Å². The number of carbonyl (C=O) groups excluding carboxylic acids is 1. The van der Waals surface area contributed by atoms with E-state index in [-0.39, 0.29) is 18.3 Å². The summed E-state index contributed by atoms with van der Waals surface area (Å²) < 4.78 is 18.7. The Morgan fingerprint density at radius 1 is 1.30 bits per heavy atom. The van der Waals surface area contributed by atoms with Crippen LogP contribution in [0.15, 0.2) is 42.5 Å². The maximum Gasteiger partial charge on any atom is 0.224 e. The number of benzene rings is 2. The summed E-state index contributed by atoms with van der Waals surface area (Å²) >= 11 is 0. The molecule has 0 spiro atoms. The van der Waals surface area contributed by atoms with Crippen molar-refractivity contribution in [1.29, 1.82) is 0 Å². The normalized spacial score (nSPS) is 17.0. The first kappa shape index (κ1) is 22.2. The van der Waals surface area contributed by atoms with Crippen LogP contribution in [-0.2, 0) is 11.3 Å². The predicted octanol–water partition coefficient (Wildman–Crippen LogP) is 4.14. The van der Waals surface area contributed by atoms with Crippen LogP contribution in [0, 0.1) is 18.7 Å². The number of likely N-dealkylation sites (tertiary alicyclic amines) is 1. The van der Waals surface area contributed by atoms with Crippen LogP contribution < -0.4 is 10.1 Å². The number of rotatable bonds is 9. The van der Waals surface area contributed by atoms with Crippen molar-refractivity contribution >= 4 is 11.6 Å². The molecule has 1 saturated heterocycles. The van der Waals surface area contributed by atoms with Crippen molar-refractivity contribution in [2.75, 3.05) is 31.6 Å². The maximum absolute atomic E-state index is 13.2. The number of halogens is 1. The third kappa shape index (κ3) is 6.82. The molecule has 162 valence electrons. The van der Waals surface area contributed by atoms with Gasteiger partial charge < -0.3 is 15.2 Å². The number of carbonyl (C=O) groups is 1. The summed E-state index contributed by atoms with van der Waals surface area (Å²) in [6.07, 6.45) is 3.59. The van der Waals surface area contributed by atoms with E-state index in [2.05, 4.69) is 16.3 Å². The fourth-order valence-corrected chi connectivity index (χ4v) is 4.00. The zero-order valence-electron chi connectivity index (χ0n) is 17.6. The average Bonchev–Trinajstić information content (AvgIpc) is 2.73. The molecule has 2 N–H and O–H groups in total. The topological polar surface area (TPSA) is 61.8 Å². The number of nitrogens with one attached hydrogen (secondary N) is 1. The third-order valence-electron chi connectivity index (χ3n) is 5.51. The van der Waals surface area contributed by atoms with Crippen LogP contribution in [0.4, 0.5) is 10.1 Å². The molecule has 2 aromatic rings. The van der Waals surface area contributed by atoms with Gasteiger partial charge in [0.25, 0.3) is 0 Å². The predicted molar refractivity (Wildman–Crippen MR) is 116 cm³/mol. The fourth-order valence-electron chi connectivity index (χ4n) is 4.00. The number of aliphatic hydroxyl groups excluding tert-OH is 1. The van der Waals surface area contributed by atoms with E-state index >= 15 is 0 Å². The van der Waals surface area contributed by atoms with Crippen molar-refractivity contribution in [3.8, 4) is 5.75 Å². The van der Waals surface area contributed by atoms with Gasteiger partial charge in [-0.15, -0.1) is 0 Å². The van der Waals surface area contributed by atoms with Gasteiger partial charge in [0.1, 0.15) is 18.2 Å². The number of anilines is 1. The highest BCUT2D eigenvalue weighted by molar-refractivity contribution is 5.91. The summed E-state index contributed by atoms with van der Waals surface area (Å²) in [5.74, 6) is 0.962. The number of hydrogen-bond donors (Lipinski definition) is 2. The summed E-state index contributed by atoms with van der Waals surface area (Å²) in [5.41, 5.74) is 2.60. The molecule has 0 aromatic heterocycles. The van der Waals surface area contributed by atoms with E-state index in [0.717, 1.165) is 50.2 Å². The Balaban J connectivity index is 1.46. The first-order valence-corrected chi connectivity index (χ1v) is 10.6. The van der Waals surface area contributed by atoms with Gasteiger partial charge in [-0.05, 0) is 80.1 Å². The quantitative estimate of drug-likeness (QED) is 0.648. The Hall–Kier alpha value is -2.44. The molecule has 5 nitrogen and oxygen atoms in total. The first-order valence-electron chi connectivity index (χ1n) is 10.6. The van der Waals surface area contributed by atoms with Crippen molar-refractivity contribution in [3.63, 3.8) is 0 Å². The van der Waals surface area contributed by atoms with Crippen LogP contribution >= 0.6 is 0 Å². The molecule has 1 amide bonds. The zero-order valence-corrected chi connectivity index (χ0v) is 17.6. The minimum Gasteiger partial charge on any atom is -0.491 e. The van der Waals surface area contributed by atoms with E-state index in [1.165, 1.54) is 17.7 Å². The molecule has 1 atom stereocenters.